The molecule has 0 spiro atoms. The Labute approximate surface area is 103 Å². The van der Waals surface area contributed by atoms with Gasteiger partial charge in [0.1, 0.15) is 0 Å². The van der Waals surface area contributed by atoms with Gasteiger partial charge >= 0.3 is 0 Å². The van der Waals surface area contributed by atoms with E-state index in [2.05, 4.69) is 62.9 Å². The van der Waals surface area contributed by atoms with Crippen LogP contribution in [0.5, 0.6) is 0 Å². The lowest BCUT2D eigenvalue weighted by Crippen LogP contribution is -2.14. The lowest BCUT2D eigenvalue weighted by Gasteiger charge is -2.21. The van der Waals surface area contributed by atoms with Gasteiger partial charge in [-0.05, 0) is 33.9 Å². The van der Waals surface area contributed by atoms with E-state index in [-0.39, 0.29) is 5.41 Å². The Morgan fingerprint density at radius 2 is 1.65 bits per heavy atom. The highest BCUT2D eigenvalue weighted by Crippen LogP contribution is 2.48. The van der Waals surface area contributed by atoms with Crippen LogP contribution in [-0.2, 0) is 5.41 Å². The molecule has 0 bridgehead atoms. The van der Waals surface area contributed by atoms with Crippen LogP contribution in [0.15, 0.2) is 49.0 Å². The van der Waals surface area contributed by atoms with Crippen LogP contribution in [-0.4, -0.2) is 0 Å². The van der Waals surface area contributed by atoms with Gasteiger partial charge in [-0.15, -0.1) is 0 Å². The van der Waals surface area contributed by atoms with Gasteiger partial charge in [-0.25, -0.2) is 0 Å². The summed E-state index contributed by atoms with van der Waals surface area (Å²) in [6.07, 6.45) is 1.91. The molecule has 0 heterocycles. The van der Waals surface area contributed by atoms with Crippen molar-refractivity contribution in [2.24, 2.45) is 0 Å². The molecule has 3 rings (SSSR count). The van der Waals surface area contributed by atoms with Gasteiger partial charge < -0.3 is 0 Å². The molecule has 0 heteroatoms. The van der Waals surface area contributed by atoms with Crippen molar-refractivity contribution in [3.05, 3.63) is 65.7 Å². The third-order valence-corrected chi connectivity index (χ3v) is 3.84. The standard InChI is InChI=1S/C17H16/c1-4-12-9-10-16-14(11-12)13-7-5-6-8-15(13)17(16,2)3/h4-11H,1H2,2-3H3. The molecule has 84 valence electrons. The van der Waals surface area contributed by atoms with Crippen LogP contribution in [0.25, 0.3) is 17.2 Å². The van der Waals surface area contributed by atoms with Crippen LogP contribution in [0.2, 0.25) is 0 Å². The third kappa shape index (κ3) is 1.30. The van der Waals surface area contributed by atoms with Gasteiger partial charge in [0.05, 0.1) is 0 Å². The summed E-state index contributed by atoms with van der Waals surface area (Å²) >= 11 is 0. The minimum Gasteiger partial charge on any atom is -0.0985 e. The van der Waals surface area contributed by atoms with E-state index >= 15 is 0 Å². The normalized spacial score (nSPS) is 15.2. The highest BCUT2D eigenvalue weighted by Gasteiger charge is 2.34. The second-order valence-electron chi connectivity index (χ2n) is 5.18. The molecule has 0 atom stereocenters. The molecule has 1 aliphatic rings. The molecule has 0 saturated heterocycles. The van der Waals surface area contributed by atoms with Gasteiger partial charge in [-0.1, -0.05) is 62.9 Å². The van der Waals surface area contributed by atoms with Gasteiger partial charge in [0.15, 0.2) is 0 Å². The number of hydrogen-bond acceptors (Lipinski definition) is 0. The number of rotatable bonds is 1. The predicted molar refractivity (Wildman–Crippen MR) is 74.1 cm³/mol. The molecule has 0 nitrogen and oxygen atoms in total. The molecule has 0 N–H and O–H groups in total. The summed E-state index contributed by atoms with van der Waals surface area (Å²) in [5, 5.41) is 0. The van der Waals surface area contributed by atoms with Crippen molar-refractivity contribution in [1.29, 1.82) is 0 Å². The fourth-order valence-electron chi connectivity index (χ4n) is 2.86. The fourth-order valence-corrected chi connectivity index (χ4v) is 2.86. The Morgan fingerprint density at radius 1 is 0.941 bits per heavy atom. The molecular weight excluding hydrogens is 204 g/mol. The van der Waals surface area contributed by atoms with E-state index in [1.54, 1.807) is 0 Å². The lowest BCUT2D eigenvalue weighted by atomic mass is 9.82. The van der Waals surface area contributed by atoms with Crippen molar-refractivity contribution in [1.82, 2.24) is 0 Å². The second kappa shape index (κ2) is 3.33. The Hall–Kier alpha value is -1.82. The monoisotopic (exact) mass is 220 g/mol. The lowest BCUT2D eigenvalue weighted by molar-refractivity contribution is 0.660. The quantitative estimate of drug-likeness (QED) is 0.657. The van der Waals surface area contributed by atoms with Crippen LogP contribution in [0, 0.1) is 0 Å². The van der Waals surface area contributed by atoms with E-state index in [4.69, 9.17) is 0 Å². The van der Waals surface area contributed by atoms with Crippen molar-refractivity contribution in [2.75, 3.05) is 0 Å². The summed E-state index contributed by atoms with van der Waals surface area (Å²) in [6, 6.07) is 15.3. The van der Waals surface area contributed by atoms with Gasteiger partial charge in [0.2, 0.25) is 0 Å². The van der Waals surface area contributed by atoms with E-state index in [9.17, 15) is 0 Å². The zero-order chi connectivity index (χ0) is 12.0. The molecule has 17 heavy (non-hydrogen) atoms. The smallest absolute Gasteiger partial charge is 0.0158 e. The maximum Gasteiger partial charge on any atom is 0.0158 e. The predicted octanol–water partition coefficient (Wildman–Crippen LogP) is 4.64. The Kier molecular flexibility index (Phi) is 2.03. The fraction of sp³-hybridized carbons (Fsp3) is 0.176. The van der Waals surface area contributed by atoms with Crippen molar-refractivity contribution in [3.63, 3.8) is 0 Å². The summed E-state index contributed by atoms with van der Waals surface area (Å²) in [6.45, 7) is 8.44. The van der Waals surface area contributed by atoms with Crippen LogP contribution in [0.4, 0.5) is 0 Å². The molecular formula is C17H16. The van der Waals surface area contributed by atoms with Crippen molar-refractivity contribution in [3.8, 4) is 11.1 Å². The number of benzene rings is 2. The maximum atomic E-state index is 3.85. The van der Waals surface area contributed by atoms with Crippen LogP contribution >= 0.6 is 0 Å². The second-order valence-corrected chi connectivity index (χ2v) is 5.18. The molecule has 0 fully saturated rings. The molecule has 0 aliphatic heterocycles. The van der Waals surface area contributed by atoms with E-state index in [1.165, 1.54) is 27.8 Å². The molecule has 0 saturated carbocycles. The molecule has 0 unspecified atom stereocenters. The Morgan fingerprint density at radius 3 is 2.41 bits per heavy atom. The number of fused-ring (bicyclic) bond motifs is 3. The summed E-state index contributed by atoms with van der Waals surface area (Å²) < 4.78 is 0. The average molecular weight is 220 g/mol. The van der Waals surface area contributed by atoms with Gasteiger partial charge in [0, 0.05) is 5.41 Å². The van der Waals surface area contributed by atoms with Crippen LogP contribution < -0.4 is 0 Å². The first-order chi connectivity index (χ1) is 8.14. The van der Waals surface area contributed by atoms with Crippen molar-refractivity contribution in [2.45, 2.75) is 19.3 Å². The third-order valence-electron chi connectivity index (χ3n) is 3.84. The van der Waals surface area contributed by atoms with E-state index < -0.39 is 0 Å². The molecule has 0 aromatic heterocycles. The minimum absolute atomic E-state index is 0.117. The maximum absolute atomic E-state index is 3.85. The van der Waals surface area contributed by atoms with E-state index in [0.29, 0.717) is 0 Å². The zero-order valence-electron chi connectivity index (χ0n) is 10.3. The molecule has 2 aromatic rings. The summed E-state index contributed by atoms with van der Waals surface area (Å²) in [4.78, 5) is 0. The Balaban J connectivity index is 2.37. The van der Waals surface area contributed by atoms with Gasteiger partial charge in [-0.3, -0.25) is 0 Å². The first kappa shape index (κ1) is 10.3. The largest absolute Gasteiger partial charge is 0.0985 e. The summed E-state index contributed by atoms with van der Waals surface area (Å²) in [5.41, 5.74) is 6.89. The first-order valence-electron chi connectivity index (χ1n) is 6.01. The van der Waals surface area contributed by atoms with E-state index in [0.717, 1.165) is 0 Å². The average Bonchev–Trinajstić information content (AvgIpc) is 2.59. The topological polar surface area (TPSA) is 0 Å². The molecule has 2 aromatic carbocycles. The van der Waals surface area contributed by atoms with Crippen molar-refractivity contribution < 1.29 is 0 Å². The Bertz CT molecular complexity index is 603. The number of hydrogen-bond donors (Lipinski definition) is 0. The molecule has 0 amide bonds. The van der Waals surface area contributed by atoms with Crippen LogP contribution in [0.1, 0.15) is 30.5 Å². The van der Waals surface area contributed by atoms with Crippen LogP contribution in [0.3, 0.4) is 0 Å². The van der Waals surface area contributed by atoms with Gasteiger partial charge in [0.25, 0.3) is 0 Å². The van der Waals surface area contributed by atoms with Gasteiger partial charge in [-0.2, -0.15) is 0 Å². The highest BCUT2D eigenvalue weighted by atomic mass is 14.4. The van der Waals surface area contributed by atoms with Crippen molar-refractivity contribution >= 4 is 6.08 Å². The zero-order valence-corrected chi connectivity index (χ0v) is 10.3. The molecule has 1 aliphatic carbocycles. The summed E-state index contributed by atoms with van der Waals surface area (Å²) in [7, 11) is 0. The van der Waals surface area contributed by atoms with E-state index in [1.807, 2.05) is 6.08 Å². The summed E-state index contributed by atoms with van der Waals surface area (Å²) in [5.74, 6) is 0. The molecule has 0 radical (unpaired) electrons. The first-order valence-corrected chi connectivity index (χ1v) is 6.01. The SMILES string of the molecule is C=Cc1ccc2c(c1)-c1ccccc1C2(C)C. The highest BCUT2D eigenvalue weighted by molar-refractivity contribution is 5.82. The minimum atomic E-state index is 0.117.